The van der Waals surface area contributed by atoms with Gasteiger partial charge in [0.2, 0.25) is 0 Å². The highest BCUT2D eigenvalue weighted by Gasteiger charge is 2.32. The Morgan fingerprint density at radius 3 is 2.22 bits per heavy atom. The zero-order valence-corrected chi connectivity index (χ0v) is 11.3. The minimum atomic E-state index is -0.0849. The molecule has 18 heavy (non-hydrogen) atoms. The fraction of sp³-hybridized carbons (Fsp3) is 0.231. The van der Waals surface area contributed by atoms with Gasteiger partial charge in [0.1, 0.15) is 11.4 Å². The number of carbonyl (C=O) groups excluding carboxylic acids is 1. The van der Waals surface area contributed by atoms with Crippen LogP contribution in [0.1, 0.15) is 5.56 Å². The maximum absolute atomic E-state index is 12.0. The molecule has 0 radical (unpaired) electrons. The molecule has 1 aliphatic rings. The van der Waals surface area contributed by atoms with E-state index >= 15 is 0 Å². The average Bonchev–Trinajstić information content (AvgIpc) is 2.57. The molecule has 0 N–H and O–H groups in total. The highest BCUT2D eigenvalue weighted by atomic mass is 32.1. The molecule has 4 nitrogen and oxygen atoms in total. The third kappa shape index (κ3) is 2.09. The molecule has 1 aromatic rings. The van der Waals surface area contributed by atoms with Gasteiger partial charge in [-0.3, -0.25) is 9.69 Å². The van der Waals surface area contributed by atoms with Crippen molar-refractivity contribution in [1.82, 2.24) is 9.80 Å². The first-order chi connectivity index (χ1) is 8.54. The van der Waals surface area contributed by atoms with Crippen LogP contribution in [0.25, 0.3) is 6.08 Å². The maximum Gasteiger partial charge on any atom is 0.276 e. The van der Waals surface area contributed by atoms with Crippen LogP contribution in [0.2, 0.25) is 0 Å². The second-order valence-electron chi connectivity index (χ2n) is 4.01. The molecule has 2 rings (SSSR count). The van der Waals surface area contributed by atoms with Gasteiger partial charge in [0.25, 0.3) is 5.91 Å². The second kappa shape index (κ2) is 4.78. The number of amides is 1. The lowest BCUT2D eigenvalue weighted by atomic mass is 10.2. The van der Waals surface area contributed by atoms with Crippen LogP contribution in [0.5, 0.6) is 5.75 Å². The van der Waals surface area contributed by atoms with Crippen LogP contribution in [-0.4, -0.2) is 42.0 Å². The third-order valence-electron chi connectivity index (χ3n) is 2.88. The molecule has 1 heterocycles. The SMILES string of the molecule is COc1ccc(/C=C2/C(=O)N(C)C(=S)N2C)cc1. The van der Waals surface area contributed by atoms with Crippen LogP contribution >= 0.6 is 12.2 Å². The van der Waals surface area contributed by atoms with E-state index in [1.54, 1.807) is 26.1 Å². The van der Waals surface area contributed by atoms with Gasteiger partial charge >= 0.3 is 0 Å². The normalized spacial score (nSPS) is 17.8. The van der Waals surface area contributed by atoms with Crippen molar-refractivity contribution in [1.29, 1.82) is 0 Å². The maximum atomic E-state index is 12.0. The lowest BCUT2D eigenvalue weighted by Gasteiger charge is -2.11. The molecule has 0 unspecified atom stereocenters. The van der Waals surface area contributed by atoms with Crippen LogP contribution < -0.4 is 4.74 Å². The number of hydrogen-bond acceptors (Lipinski definition) is 3. The lowest BCUT2D eigenvalue weighted by Crippen LogP contribution is -2.26. The number of thiocarbonyl (C=S) groups is 1. The molecule has 94 valence electrons. The first-order valence-electron chi connectivity index (χ1n) is 5.46. The molecule has 0 aromatic heterocycles. The quantitative estimate of drug-likeness (QED) is 0.600. The largest absolute Gasteiger partial charge is 0.497 e. The summed E-state index contributed by atoms with van der Waals surface area (Å²) in [6.45, 7) is 0. The summed E-state index contributed by atoms with van der Waals surface area (Å²) in [6.07, 6.45) is 1.82. The molecule has 0 aliphatic carbocycles. The number of methoxy groups -OCH3 is 1. The van der Waals surface area contributed by atoms with Crippen molar-refractivity contribution >= 4 is 29.3 Å². The van der Waals surface area contributed by atoms with Crippen molar-refractivity contribution in [3.05, 3.63) is 35.5 Å². The molecule has 1 aliphatic heterocycles. The van der Waals surface area contributed by atoms with Crippen molar-refractivity contribution in [2.75, 3.05) is 21.2 Å². The zero-order valence-electron chi connectivity index (χ0n) is 10.5. The minimum absolute atomic E-state index is 0.0849. The Morgan fingerprint density at radius 2 is 1.78 bits per heavy atom. The van der Waals surface area contributed by atoms with Crippen molar-refractivity contribution in [3.8, 4) is 5.75 Å². The number of hydrogen-bond donors (Lipinski definition) is 0. The molecule has 0 atom stereocenters. The van der Waals surface area contributed by atoms with Crippen molar-refractivity contribution < 1.29 is 9.53 Å². The van der Waals surface area contributed by atoms with Gasteiger partial charge in [0.15, 0.2) is 5.11 Å². The highest BCUT2D eigenvalue weighted by molar-refractivity contribution is 7.80. The van der Waals surface area contributed by atoms with Crippen LogP contribution in [0.4, 0.5) is 0 Å². The molecule has 1 fully saturated rings. The smallest absolute Gasteiger partial charge is 0.276 e. The topological polar surface area (TPSA) is 32.8 Å². The second-order valence-corrected chi connectivity index (χ2v) is 4.37. The number of likely N-dealkylation sites (N-methyl/N-ethyl adjacent to an activating group) is 2. The van der Waals surface area contributed by atoms with Gasteiger partial charge in [-0.1, -0.05) is 12.1 Å². The monoisotopic (exact) mass is 262 g/mol. The Balaban J connectivity index is 2.32. The van der Waals surface area contributed by atoms with Gasteiger partial charge in [-0.05, 0) is 36.0 Å². The minimum Gasteiger partial charge on any atom is -0.497 e. The van der Waals surface area contributed by atoms with E-state index in [0.717, 1.165) is 11.3 Å². The average molecular weight is 262 g/mol. The van der Waals surface area contributed by atoms with Gasteiger partial charge in [-0.25, -0.2) is 0 Å². The van der Waals surface area contributed by atoms with Gasteiger partial charge in [0.05, 0.1) is 7.11 Å². The Morgan fingerprint density at radius 1 is 1.17 bits per heavy atom. The fourth-order valence-electron chi connectivity index (χ4n) is 1.75. The van der Waals surface area contributed by atoms with Gasteiger partial charge in [-0.2, -0.15) is 0 Å². The molecule has 1 amide bonds. The number of carbonyl (C=O) groups is 1. The van der Waals surface area contributed by atoms with Crippen LogP contribution in [0.15, 0.2) is 30.0 Å². The van der Waals surface area contributed by atoms with Crippen molar-refractivity contribution in [2.45, 2.75) is 0 Å². The van der Waals surface area contributed by atoms with Crippen LogP contribution in [-0.2, 0) is 4.79 Å². The molecule has 5 heteroatoms. The van der Waals surface area contributed by atoms with E-state index in [-0.39, 0.29) is 5.91 Å². The fourth-order valence-corrected chi connectivity index (χ4v) is 1.93. The lowest BCUT2D eigenvalue weighted by molar-refractivity contribution is -0.121. The Labute approximate surface area is 111 Å². The van der Waals surface area contributed by atoms with E-state index in [1.165, 1.54) is 4.90 Å². The Kier molecular flexibility index (Phi) is 3.34. The summed E-state index contributed by atoms with van der Waals surface area (Å²) in [5.74, 6) is 0.703. The van der Waals surface area contributed by atoms with E-state index in [4.69, 9.17) is 17.0 Å². The molecule has 0 saturated carbocycles. The van der Waals surface area contributed by atoms with Gasteiger partial charge < -0.3 is 9.64 Å². The predicted octanol–water partition coefficient (Wildman–Crippen LogP) is 1.72. The summed E-state index contributed by atoms with van der Waals surface area (Å²) >= 11 is 5.14. The third-order valence-corrected chi connectivity index (χ3v) is 3.43. The van der Waals surface area contributed by atoms with Crippen molar-refractivity contribution in [2.24, 2.45) is 0 Å². The number of nitrogens with zero attached hydrogens (tertiary/aromatic N) is 2. The van der Waals surface area contributed by atoms with Crippen LogP contribution in [0, 0.1) is 0 Å². The molecule has 0 bridgehead atoms. The molecular weight excluding hydrogens is 248 g/mol. The molecule has 1 aromatic carbocycles. The summed E-state index contributed by atoms with van der Waals surface area (Å²) in [6, 6.07) is 7.50. The molecular formula is C13H14N2O2S. The van der Waals surface area contributed by atoms with E-state index in [1.807, 2.05) is 30.3 Å². The van der Waals surface area contributed by atoms with Gasteiger partial charge in [-0.15, -0.1) is 0 Å². The molecule has 0 spiro atoms. The first-order valence-corrected chi connectivity index (χ1v) is 5.87. The van der Waals surface area contributed by atoms with Gasteiger partial charge in [0, 0.05) is 14.1 Å². The van der Waals surface area contributed by atoms with E-state index in [0.29, 0.717) is 10.8 Å². The van der Waals surface area contributed by atoms with Crippen LogP contribution in [0.3, 0.4) is 0 Å². The Bertz CT molecular complexity index is 522. The highest BCUT2D eigenvalue weighted by Crippen LogP contribution is 2.21. The zero-order chi connectivity index (χ0) is 13.3. The van der Waals surface area contributed by atoms with E-state index in [9.17, 15) is 4.79 Å². The summed E-state index contributed by atoms with van der Waals surface area (Å²) in [5.41, 5.74) is 1.51. The summed E-state index contributed by atoms with van der Waals surface area (Å²) in [4.78, 5) is 15.1. The van der Waals surface area contributed by atoms with E-state index < -0.39 is 0 Å². The summed E-state index contributed by atoms with van der Waals surface area (Å²) in [7, 11) is 5.09. The number of rotatable bonds is 2. The van der Waals surface area contributed by atoms with E-state index in [2.05, 4.69) is 0 Å². The number of benzene rings is 1. The molecule has 1 saturated heterocycles. The summed E-state index contributed by atoms with van der Waals surface area (Å²) in [5, 5.41) is 0.514. The Hall–Kier alpha value is -1.88. The first kappa shape index (κ1) is 12.6. The standard InChI is InChI=1S/C13H14N2O2S/c1-14-11(12(16)15(2)13(14)18)8-9-4-6-10(17-3)7-5-9/h4-8H,1-3H3/b11-8-. The summed E-state index contributed by atoms with van der Waals surface area (Å²) < 4.78 is 5.09. The predicted molar refractivity (Wildman–Crippen MR) is 74.1 cm³/mol. The van der Waals surface area contributed by atoms with Crippen molar-refractivity contribution in [3.63, 3.8) is 0 Å². The number of ether oxygens (including phenoxy) is 1.